The molecule has 1 atom stereocenters. The number of hydrogen-bond donors (Lipinski definition) is 1. The SMILES string of the molecule is CCC(NC)c1cccc(OCCC(C)(C)OC)c1. The lowest BCUT2D eigenvalue weighted by atomic mass is 10.0. The molecule has 3 nitrogen and oxygen atoms in total. The van der Waals surface area contributed by atoms with Gasteiger partial charge >= 0.3 is 0 Å². The third kappa shape index (κ3) is 5.21. The van der Waals surface area contributed by atoms with Gasteiger partial charge in [0, 0.05) is 19.6 Å². The summed E-state index contributed by atoms with van der Waals surface area (Å²) in [6.45, 7) is 6.98. The first-order chi connectivity index (χ1) is 9.02. The van der Waals surface area contributed by atoms with Gasteiger partial charge in [0.15, 0.2) is 0 Å². The average Bonchev–Trinajstić information content (AvgIpc) is 2.40. The summed E-state index contributed by atoms with van der Waals surface area (Å²) in [5.74, 6) is 0.929. The largest absolute Gasteiger partial charge is 0.493 e. The molecule has 1 N–H and O–H groups in total. The van der Waals surface area contributed by atoms with Crippen LogP contribution < -0.4 is 10.1 Å². The van der Waals surface area contributed by atoms with Crippen molar-refractivity contribution in [1.29, 1.82) is 0 Å². The van der Waals surface area contributed by atoms with Gasteiger partial charge in [-0.05, 0) is 45.0 Å². The molecule has 0 fully saturated rings. The van der Waals surface area contributed by atoms with Crippen LogP contribution in [0.25, 0.3) is 0 Å². The van der Waals surface area contributed by atoms with Crippen LogP contribution in [0.5, 0.6) is 5.75 Å². The Bertz CT molecular complexity index is 373. The fourth-order valence-electron chi connectivity index (χ4n) is 1.94. The van der Waals surface area contributed by atoms with Crippen LogP contribution in [0.1, 0.15) is 45.2 Å². The molecule has 0 amide bonds. The maximum Gasteiger partial charge on any atom is 0.119 e. The molecular weight excluding hydrogens is 238 g/mol. The number of rotatable bonds is 8. The van der Waals surface area contributed by atoms with Crippen molar-refractivity contribution < 1.29 is 9.47 Å². The van der Waals surface area contributed by atoms with Crippen LogP contribution in [-0.4, -0.2) is 26.4 Å². The molecule has 0 heterocycles. The molecule has 0 aromatic heterocycles. The second-order valence-corrected chi connectivity index (χ2v) is 5.38. The van der Waals surface area contributed by atoms with Crippen molar-refractivity contribution in [2.24, 2.45) is 0 Å². The molecule has 108 valence electrons. The first-order valence-corrected chi connectivity index (χ1v) is 6.97. The van der Waals surface area contributed by atoms with Crippen LogP contribution in [0.3, 0.4) is 0 Å². The Kier molecular flexibility index (Phi) is 6.32. The standard InChI is InChI=1S/C16H27NO2/c1-6-15(17-4)13-8-7-9-14(12-13)19-11-10-16(2,3)18-5/h7-9,12,15,17H,6,10-11H2,1-5H3. The number of hydrogen-bond acceptors (Lipinski definition) is 3. The second kappa shape index (κ2) is 7.51. The van der Waals surface area contributed by atoms with Crippen molar-refractivity contribution in [1.82, 2.24) is 5.32 Å². The van der Waals surface area contributed by atoms with Gasteiger partial charge in [0.1, 0.15) is 5.75 Å². The molecular formula is C16H27NO2. The van der Waals surface area contributed by atoms with E-state index < -0.39 is 0 Å². The van der Waals surface area contributed by atoms with Crippen LogP contribution in [0.4, 0.5) is 0 Å². The first-order valence-electron chi connectivity index (χ1n) is 6.97. The lowest BCUT2D eigenvalue weighted by Gasteiger charge is -2.23. The maximum absolute atomic E-state index is 5.82. The Labute approximate surface area is 117 Å². The van der Waals surface area contributed by atoms with Crippen LogP contribution in [-0.2, 0) is 4.74 Å². The van der Waals surface area contributed by atoms with Gasteiger partial charge < -0.3 is 14.8 Å². The zero-order valence-electron chi connectivity index (χ0n) is 12.8. The minimum absolute atomic E-state index is 0.130. The van der Waals surface area contributed by atoms with E-state index in [-0.39, 0.29) is 5.60 Å². The summed E-state index contributed by atoms with van der Waals surface area (Å²) in [5, 5.41) is 3.31. The highest BCUT2D eigenvalue weighted by molar-refractivity contribution is 5.30. The van der Waals surface area contributed by atoms with Gasteiger partial charge in [0.2, 0.25) is 0 Å². The van der Waals surface area contributed by atoms with E-state index in [4.69, 9.17) is 9.47 Å². The van der Waals surface area contributed by atoms with E-state index in [1.807, 2.05) is 19.2 Å². The van der Waals surface area contributed by atoms with E-state index in [2.05, 4.69) is 38.2 Å². The van der Waals surface area contributed by atoms with Gasteiger partial charge in [-0.15, -0.1) is 0 Å². The summed E-state index contributed by atoms with van der Waals surface area (Å²) in [6, 6.07) is 8.69. The van der Waals surface area contributed by atoms with Crippen LogP contribution in [0.15, 0.2) is 24.3 Å². The Morgan fingerprint density at radius 3 is 2.63 bits per heavy atom. The van der Waals surface area contributed by atoms with Crippen molar-refractivity contribution in [3.05, 3.63) is 29.8 Å². The van der Waals surface area contributed by atoms with E-state index in [1.165, 1.54) is 5.56 Å². The highest BCUT2D eigenvalue weighted by Crippen LogP contribution is 2.22. The molecule has 0 spiro atoms. The zero-order valence-corrected chi connectivity index (χ0v) is 12.8. The molecule has 0 bridgehead atoms. The minimum Gasteiger partial charge on any atom is -0.493 e. The van der Waals surface area contributed by atoms with E-state index in [0.717, 1.165) is 18.6 Å². The average molecular weight is 265 g/mol. The summed E-state index contributed by atoms with van der Waals surface area (Å²) >= 11 is 0. The van der Waals surface area contributed by atoms with E-state index >= 15 is 0 Å². The molecule has 0 aliphatic carbocycles. The number of benzene rings is 1. The van der Waals surface area contributed by atoms with Crippen molar-refractivity contribution in [2.75, 3.05) is 20.8 Å². The molecule has 0 saturated carbocycles. The highest BCUT2D eigenvalue weighted by atomic mass is 16.5. The Morgan fingerprint density at radius 1 is 1.32 bits per heavy atom. The van der Waals surface area contributed by atoms with Crippen molar-refractivity contribution in [3.8, 4) is 5.75 Å². The molecule has 0 aliphatic rings. The van der Waals surface area contributed by atoms with Crippen molar-refractivity contribution >= 4 is 0 Å². The van der Waals surface area contributed by atoms with Gasteiger partial charge in [0.05, 0.1) is 12.2 Å². The van der Waals surface area contributed by atoms with Crippen LogP contribution in [0, 0.1) is 0 Å². The summed E-state index contributed by atoms with van der Waals surface area (Å²) in [5.41, 5.74) is 1.14. The van der Waals surface area contributed by atoms with E-state index in [1.54, 1.807) is 7.11 Å². The van der Waals surface area contributed by atoms with Gasteiger partial charge in [0.25, 0.3) is 0 Å². The molecule has 1 aromatic rings. The molecule has 0 aliphatic heterocycles. The summed E-state index contributed by atoms with van der Waals surface area (Å²) in [4.78, 5) is 0. The molecule has 1 aromatic carbocycles. The second-order valence-electron chi connectivity index (χ2n) is 5.38. The molecule has 0 radical (unpaired) electrons. The number of ether oxygens (including phenoxy) is 2. The van der Waals surface area contributed by atoms with Crippen molar-refractivity contribution in [2.45, 2.75) is 45.3 Å². The van der Waals surface area contributed by atoms with E-state index in [9.17, 15) is 0 Å². The molecule has 3 heteroatoms. The van der Waals surface area contributed by atoms with Gasteiger partial charge in [-0.3, -0.25) is 0 Å². The fourth-order valence-corrected chi connectivity index (χ4v) is 1.94. The molecule has 19 heavy (non-hydrogen) atoms. The fraction of sp³-hybridized carbons (Fsp3) is 0.625. The summed E-state index contributed by atoms with van der Waals surface area (Å²) < 4.78 is 11.2. The molecule has 1 rings (SSSR count). The third-order valence-corrected chi connectivity index (χ3v) is 3.54. The quantitative estimate of drug-likeness (QED) is 0.779. The normalized spacial score (nSPS) is 13.3. The van der Waals surface area contributed by atoms with Gasteiger partial charge in [-0.2, -0.15) is 0 Å². The lowest BCUT2D eigenvalue weighted by Crippen LogP contribution is -2.25. The monoisotopic (exact) mass is 265 g/mol. The smallest absolute Gasteiger partial charge is 0.119 e. The van der Waals surface area contributed by atoms with Gasteiger partial charge in [-0.25, -0.2) is 0 Å². The molecule has 1 unspecified atom stereocenters. The topological polar surface area (TPSA) is 30.5 Å². The highest BCUT2D eigenvalue weighted by Gasteiger charge is 2.16. The Hall–Kier alpha value is -1.06. The minimum atomic E-state index is -0.130. The third-order valence-electron chi connectivity index (χ3n) is 3.54. The van der Waals surface area contributed by atoms with Crippen LogP contribution in [0.2, 0.25) is 0 Å². The van der Waals surface area contributed by atoms with Crippen LogP contribution >= 0.6 is 0 Å². The lowest BCUT2D eigenvalue weighted by molar-refractivity contribution is 0.00545. The van der Waals surface area contributed by atoms with Crippen molar-refractivity contribution in [3.63, 3.8) is 0 Å². The molecule has 0 saturated heterocycles. The zero-order chi connectivity index (χ0) is 14.3. The summed E-state index contributed by atoms with van der Waals surface area (Å²) in [7, 11) is 3.72. The Morgan fingerprint density at radius 2 is 2.05 bits per heavy atom. The Balaban J connectivity index is 2.58. The first kappa shape index (κ1) is 16.0. The van der Waals surface area contributed by atoms with Gasteiger partial charge in [-0.1, -0.05) is 19.1 Å². The van der Waals surface area contributed by atoms with E-state index in [0.29, 0.717) is 12.6 Å². The summed E-state index contributed by atoms with van der Waals surface area (Å²) in [6.07, 6.45) is 1.94. The predicted molar refractivity (Wildman–Crippen MR) is 79.7 cm³/mol. The predicted octanol–water partition coefficient (Wildman–Crippen LogP) is 3.55. The number of nitrogens with one attached hydrogen (secondary N) is 1. The number of methoxy groups -OCH3 is 1. The maximum atomic E-state index is 5.82.